The van der Waals surface area contributed by atoms with Gasteiger partial charge in [-0.2, -0.15) is 0 Å². The molecule has 4 aromatic rings. The average Bonchev–Trinajstić information content (AvgIpc) is 2.93. The first kappa shape index (κ1) is 13.3. The molecule has 0 aliphatic rings. The fourth-order valence-corrected chi connectivity index (χ4v) is 2.48. The molecule has 0 saturated carbocycles. The van der Waals surface area contributed by atoms with Gasteiger partial charge in [0.15, 0.2) is 0 Å². The summed E-state index contributed by atoms with van der Waals surface area (Å²) in [6, 6.07) is 15.8. The molecule has 0 radical (unpaired) electrons. The lowest BCUT2D eigenvalue weighted by atomic mass is 10.1. The number of aromatic nitrogens is 1. The molecule has 23 heavy (non-hydrogen) atoms. The molecule has 2 aromatic carbocycles. The highest BCUT2D eigenvalue weighted by Crippen LogP contribution is 2.34. The molecular formula is C17H10N2O4. The minimum absolute atomic E-state index is 0.0374. The number of furan rings is 1. The summed E-state index contributed by atoms with van der Waals surface area (Å²) in [6.07, 6.45) is 1.45. The Morgan fingerprint density at radius 1 is 1.00 bits per heavy atom. The van der Waals surface area contributed by atoms with Crippen LogP contribution in [-0.2, 0) is 0 Å². The van der Waals surface area contributed by atoms with Crippen LogP contribution in [0.3, 0.4) is 0 Å². The van der Waals surface area contributed by atoms with Crippen molar-refractivity contribution >= 4 is 27.6 Å². The number of ether oxygens (including phenoxy) is 1. The number of rotatable bonds is 3. The first-order valence-corrected chi connectivity index (χ1v) is 6.91. The normalized spacial score (nSPS) is 11.0. The van der Waals surface area contributed by atoms with E-state index in [1.807, 2.05) is 24.3 Å². The molecule has 6 heteroatoms. The van der Waals surface area contributed by atoms with E-state index in [2.05, 4.69) is 4.98 Å². The Kier molecular flexibility index (Phi) is 2.94. The van der Waals surface area contributed by atoms with Crippen molar-refractivity contribution in [2.24, 2.45) is 0 Å². The summed E-state index contributed by atoms with van der Waals surface area (Å²) in [7, 11) is 0. The van der Waals surface area contributed by atoms with Crippen molar-refractivity contribution in [2.75, 3.05) is 0 Å². The van der Waals surface area contributed by atoms with Gasteiger partial charge in [-0.05, 0) is 30.3 Å². The number of hydrogen-bond donors (Lipinski definition) is 0. The average molecular weight is 306 g/mol. The number of para-hydroxylation sites is 1. The fraction of sp³-hybridized carbons (Fsp3) is 0. The zero-order valence-electron chi connectivity index (χ0n) is 11.8. The molecule has 0 spiro atoms. The Balaban J connectivity index is 1.81. The number of nitrogens with zero attached hydrogens (tertiary/aromatic N) is 2. The second-order valence-corrected chi connectivity index (χ2v) is 4.94. The molecule has 2 aromatic heterocycles. The van der Waals surface area contributed by atoms with Crippen LogP contribution < -0.4 is 4.74 Å². The predicted octanol–water partition coefficient (Wildman–Crippen LogP) is 4.68. The summed E-state index contributed by atoms with van der Waals surface area (Å²) in [5, 5.41) is 12.9. The molecule has 0 N–H and O–H groups in total. The quantitative estimate of drug-likeness (QED) is 0.405. The van der Waals surface area contributed by atoms with Gasteiger partial charge in [-0.1, -0.05) is 18.2 Å². The molecule has 0 unspecified atom stereocenters. The van der Waals surface area contributed by atoms with Gasteiger partial charge in [-0.3, -0.25) is 10.1 Å². The van der Waals surface area contributed by atoms with Crippen molar-refractivity contribution in [3.63, 3.8) is 0 Å². The lowest BCUT2D eigenvalue weighted by Crippen LogP contribution is -1.95. The third-order valence-electron chi connectivity index (χ3n) is 3.51. The van der Waals surface area contributed by atoms with Gasteiger partial charge in [0.1, 0.15) is 16.9 Å². The molecule has 6 nitrogen and oxygen atoms in total. The number of nitro groups is 1. The highest BCUT2D eigenvalue weighted by atomic mass is 16.6. The minimum Gasteiger partial charge on any atom is -0.456 e. The van der Waals surface area contributed by atoms with Crippen molar-refractivity contribution in [2.45, 2.75) is 0 Å². The molecule has 0 saturated heterocycles. The van der Waals surface area contributed by atoms with E-state index in [0.717, 1.165) is 21.9 Å². The minimum atomic E-state index is -0.520. The molecule has 4 rings (SSSR count). The second-order valence-electron chi connectivity index (χ2n) is 4.94. The van der Waals surface area contributed by atoms with E-state index in [1.165, 1.54) is 18.3 Å². The van der Waals surface area contributed by atoms with E-state index in [1.54, 1.807) is 18.2 Å². The topological polar surface area (TPSA) is 78.4 Å². The Morgan fingerprint density at radius 3 is 2.70 bits per heavy atom. The Hall–Kier alpha value is -3.41. The first-order valence-electron chi connectivity index (χ1n) is 6.91. The number of pyridine rings is 1. The second kappa shape index (κ2) is 5.10. The fourth-order valence-electron chi connectivity index (χ4n) is 2.48. The van der Waals surface area contributed by atoms with Crippen molar-refractivity contribution in [3.05, 3.63) is 70.9 Å². The number of hydrogen-bond acceptors (Lipinski definition) is 5. The smallest absolute Gasteiger partial charge is 0.331 e. The summed E-state index contributed by atoms with van der Waals surface area (Å²) >= 11 is 0. The van der Waals surface area contributed by atoms with E-state index in [4.69, 9.17) is 9.15 Å². The SMILES string of the molecule is O=[N+]([O-])c1cccnc1Oc1ccc2oc3ccccc3c2c1. The van der Waals surface area contributed by atoms with Gasteiger partial charge in [0.05, 0.1) is 4.92 Å². The Morgan fingerprint density at radius 2 is 1.83 bits per heavy atom. The van der Waals surface area contributed by atoms with Gasteiger partial charge in [0.2, 0.25) is 0 Å². The van der Waals surface area contributed by atoms with Crippen LogP contribution in [0.4, 0.5) is 5.69 Å². The van der Waals surface area contributed by atoms with Crippen LogP contribution in [0.2, 0.25) is 0 Å². The Bertz CT molecular complexity index is 1040. The summed E-state index contributed by atoms with van der Waals surface area (Å²) in [5.41, 5.74) is 1.34. The van der Waals surface area contributed by atoms with Gasteiger partial charge in [0, 0.05) is 23.0 Å². The van der Waals surface area contributed by atoms with E-state index in [-0.39, 0.29) is 11.6 Å². The summed E-state index contributed by atoms with van der Waals surface area (Å²) in [4.78, 5) is 14.4. The lowest BCUT2D eigenvalue weighted by molar-refractivity contribution is -0.386. The van der Waals surface area contributed by atoms with Crippen molar-refractivity contribution in [1.29, 1.82) is 0 Å². The van der Waals surface area contributed by atoms with Gasteiger partial charge in [-0.15, -0.1) is 0 Å². The van der Waals surface area contributed by atoms with Crippen molar-refractivity contribution in [1.82, 2.24) is 4.98 Å². The highest BCUT2D eigenvalue weighted by Gasteiger charge is 2.17. The van der Waals surface area contributed by atoms with Crippen LogP contribution >= 0.6 is 0 Å². The summed E-state index contributed by atoms with van der Waals surface area (Å²) in [5.74, 6) is 0.426. The van der Waals surface area contributed by atoms with Crippen LogP contribution in [0.1, 0.15) is 0 Å². The lowest BCUT2D eigenvalue weighted by Gasteiger charge is -2.04. The zero-order chi connectivity index (χ0) is 15.8. The van der Waals surface area contributed by atoms with Gasteiger partial charge >= 0.3 is 5.69 Å². The maximum Gasteiger partial charge on any atom is 0.331 e. The van der Waals surface area contributed by atoms with E-state index in [9.17, 15) is 10.1 Å². The van der Waals surface area contributed by atoms with E-state index >= 15 is 0 Å². The van der Waals surface area contributed by atoms with E-state index < -0.39 is 4.92 Å². The molecule has 0 atom stereocenters. The van der Waals surface area contributed by atoms with Crippen LogP contribution in [0.25, 0.3) is 21.9 Å². The summed E-state index contributed by atoms with van der Waals surface area (Å²) < 4.78 is 11.3. The molecule has 2 heterocycles. The van der Waals surface area contributed by atoms with Crippen LogP contribution in [0.15, 0.2) is 65.2 Å². The van der Waals surface area contributed by atoms with E-state index in [0.29, 0.717) is 5.75 Å². The third-order valence-corrected chi connectivity index (χ3v) is 3.51. The standard InChI is InChI=1S/C17H10N2O4/c20-19(21)14-5-3-9-18-17(14)22-11-7-8-16-13(10-11)12-4-1-2-6-15(12)23-16/h1-10H. The maximum atomic E-state index is 11.0. The monoisotopic (exact) mass is 306 g/mol. The molecule has 0 aliphatic heterocycles. The molecular weight excluding hydrogens is 296 g/mol. The predicted molar refractivity (Wildman–Crippen MR) is 84.7 cm³/mol. The van der Waals surface area contributed by atoms with Gasteiger partial charge in [-0.25, -0.2) is 4.98 Å². The molecule has 0 aliphatic carbocycles. The van der Waals surface area contributed by atoms with Crippen molar-refractivity contribution in [3.8, 4) is 11.6 Å². The first-order chi connectivity index (χ1) is 11.2. The zero-order valence-corrected chi connectivity index (χ0v) is 11.8. The maximum absolute atomic E-state index is 11.0. The third kappa shape index (κ3) is 2.26. The molecule has 0 fully saturated rings. The summed E-state index contributed by atoms with van der Waals surface area (Å²) in [6.45, 7) is 0. The molecule has 0 bridgehead atoms. The van der Waals surface area contributed by atoms with Crippen LogP contribution in [0, 0.1) is 10.1 Å². The van der Waals surface area contributed by atoms with Crippen LogP contribution in [0.5, 0.6) is 11.6 Å². The molecule has 0 amide bonds. The van der Waals surface area contributed by atoms with Gasteiger partial charge < -0.3 is 9.15 Å². The van der Waals surface area contributed by atoms with Crippen molar-refractivity contribution < 1.29 is 14.1 Å². The van der Waals surface area contributed by atoms with Crippen LogP contribution in [-0.4, -0.2) is 9.91 Å². The Labute approximate surface area is 130 Å². The number of benzene rings is 2. The van der Waals surface area contributed by atoms with Gasteiger partial charge in [0.25, 0.3) is 5.88 Å². The molecule has 112 valence electrons. The largest absolute Gasteiger partial charge is 0.456 e. The highest BCUT2D eigenvalue weighted by molar-refractivity contribution is 6.05. The number of fused-ring (bicyclic) bond motifs is 3.